The summed E-state index contributed by atoms with van der Waals surface area (Å²) in [4.78, 5) is 36.1. The fourth-order valence-electron chi connectivity index (χ4n) is 1.36. The normalized spacial score (nSPS) is 10.8. The zero-order valence-electron chi connectivity index (χ0n) is 11.9. The van der Waals surface area contributed by atoms with Crippen LogP contribution >= 0.6 is 0 Å². The predicted molar refractivity (Wildman–Crippen MR) is 76.0 cm³/mol. The molecular weight excluding hydrogens is 276 g/mol. The Morgan fingerprint density at radius 3 is 2.71 bits per heavy atom. The van der Waals surface area contributed by atoms with E-state index in [1.807, 2.05) is 13.8 Å². The van der Waals surface area contributed by atoms with Crippen LogP contribution in [0.1, 0.15) is 19.5 Å². The van der Waals surface area contributed by atoms with Gasteiger partial charge < -0.3 is 20.1 Å². The largest absolute Gasteiger partial charge is 0.488 e. The molecule has 21 heavy (non-hydrogen) atoms. The van der Waals surface area contributed by atoms with Crippen molar-refractivity contribution >= 4 is 11.9 Å². The van der Waals surface area contributed by atoms with Crippen LogP contribution in [0.2, 0.25) is 0 Å². The number of carbonyl (C=O) groups excluding carboxylic acids is 1. The second-order valence-corrected chi connectivity index (χ2v) is 4.78. The first-order valence-electron chi connectivity index (χ1n) is 6.41. The van der Waals surface area contributed by atoms with E-state index in [0.717, 1.165) is 12.2 Å². The minimum atomic E-state index is -1.20. The SMILES string of the molecule is CC(C)COc1c[nH]c(CNC(=O)/C=C/C(=O)O)cc1=O. The Labute approximate surface area is 121 Å². The summed E-state index contributed by atoms with van der Waals surface area (Å²) in [6.45, 7) is 4.48. The van der Waals surface area contributed by atoms with Crippen molar-refractivity contribution < 1.29 is 19.4 Å². The molecule has 0 saturated heterocycles. The van der Waals surface area contributed by atoms with Crippen LogP contribution < -0.4 is 15.5 Å². The van der Waals surface area contributed by atoms with Crippen LogP contribution in [-0.4, -0.2) is 28.6 Å². The molecule has 0 unspecified atom stereocenters. The van der Waals surface area contributed by atoms with Crippen molar-refractivity contribution in [2.45, 2.75) is 20.4 Å². The number of amides is 1. The molecule has 1 aromatic heterocycles. The quantitative estimate of drug-likeness (QED) is 0.640. The Hall–Kier alpha value is -2.57. The molecule has 0 spiro atoms. The number of nitrogens with one attached hydrogen (secondary N) is 2. The van der Waals surface area contributed by atoms with Crippen molar-refractivity contribution in [3.63, 3.8) is 0 Å². The third kappa shape index (κ3) is 6.42. The number of aromatic amines is 1. The van der Waals surface area contributed by atoms with E-state index in [0.29, 0.717) is 18.2 Å². The van der Waals surface area contributed by atoms with E-state index in [2.05, 4.69) is 10.3 Å². The molecule has 1 amide bonds. The number of pyridine rings is 1. The van der Waals surface area contributed by atoms with E-state index < -0.39 is 11.9 Å². The lowest BCUT2D eigenvalue weighted by molar-refractivity contribution is -0.131. The van der Waals surface area contributed by atoms with Crippen LogP contribution in [0.25, 0.3) is 0 Å². The lowest BCUT2D eigenvalue weighted by Gasteiger charge is -2.08. The summed E-state index contributed by atoms with van der Waals surface area (Å²) in [7, 11) is 0. The van der Waals surface area contributed by atoms with Gasteiger partial charge in [0.15, 0.2) is 5.75 Å². The van der Waals surface area contributed by atoms with E-state index in [9.17, 15) is 14.4 Å². The molecule has 1 aromatic rings. The van der Waals surface area contributed by atoms with Gasteiger partial charge in [-0.05, 0) is 5.92 Å². The first kappa shape index (κ1) is 16.5. The van der Waals surface area contributed by atoms with Gasteiger partial charge in [0.1, 0.15) is 0 Å². The molecule has 0 radical (unpaired) electrons. The zero-order chi connectivity index (χ0) is 15.8. The van der Waals surface area contributed by atoms with Gasteiger partial charge in [-0.3, -0.25) is 9.59 Å². The third-order valence-corrected chi connectivity index (χ3v) is 2.34. The summed E-state index contributed by atoms with van der Waals surface area (Å²) in [6.07, 6.45) is 3.08. The van der Waals surface area contributed by atoms with Gasteiger partial charge in [-0.1, -0.05) is 13.8 Å². The highest BCUT2D eigenvalue weighted by Gasteiger charge is 2.05. The number of H-pyrrole nitrogens is 1. The number of carbonyl (C=O) groups is 2. The number of aliphatic carboxylic acids is 1. The summed E-state index contributed by atoms with van der Waals surface area (Å²) < 4.78 is 5.34. The fourth-order valence-corrected chi connectivity index (χ4v) is 1.36. The minimum Gasteiger partial charge on any atom is -0.488 e. The molecule has 0 atom stereocenters. The summed E-state index contributed by atoms with van der Waals surface area (Å²) >= 11 is 0. The van der Waals surface area contributed by atoms with E-state index in [1.54, 1.807) is 0 Å². The van der Waals surface area contributed by atoms with Crippen molar-refractivity contribution in [3.8, 4) is 5.75 Å². The van der Waals surface area contributed by atoms with Gasteiger partial charge in [-0.2, -0.15) is 0 Å². The molecule has 7 heteroatoms. The van der Waals surface area contributed by atoms with Gasteiger partial charge in [0.25, 0.3) is 0 Å². The summed E-state index contributed by atoms with van der Waals surface area (Å²) in [5.74, 6) is -1.22. The van der Waals surface area contributed by atoms with Crippen molar-refractivity contribution in [1.29, 1.82) is 0 Å². The topological polar surface area (TPSA) is 108 Å². The van der Waals surface area contributed by atoms with Crippen molar-refractivity contribution in [3.05, 3.63) is 40.3 Å². The Bertz CT molecular complexity index is 589. The fraction of sp³-hybridized carbons (Fsp3) is 0.357. The van der Waals surface area contributed by atoms with Gasteiger partial charge >= 0.3 is 5.97 Å². The predicted octanol–water partition coefficient (Wildman–Crippen LogP) is 0.667. The maximum absolute atomic E-state index is 11.8. The maximum atomic E-state index is 11.8. The number of hydrogen-bond acceptors (Lipinski definition) is 4. The van der Waals surface area contributed by atoms with Gasteiger partial charge in [0, 0.05) is 30.1 Å². The Balaban J connectivity index is 2.58. The van der Waals surface area contributed by atoms with Gasteiger partial charge in [-0.15, -0.1) is 0 Å². The minimum absolute atomic E-state index is 0.0858. The zero-order valence-corrected chi connectivity index (χ0v) is 11.9. The standard InChI is InChI=1S/C14H18N2O5/c1-9(2)8-21-12-7-15-10(5-11(12)17)6-16-13(18)3-4-14(19)20/h3-5,7,9H,6,8H2,1-2H3,(H,15,17)(H,16,18)(H,19,20)/b4-3+. The molecule has 0 aromatic carbocycles. The number of carboxylic acid groups (broad SMARTS) is 1. The van der Waals surface area contributed by atoms with E-state index in [4.69, 9.17) is 9.84 Å². The summed E-state index contributed by atoms with van der Waals surface area (Å²) in [6, 6.07) is 1.33. The molecule has 1 heterocycles. The Morgan fingerprint density at radius 2 is 2.14 bits per heavy atom. The molecule has 0 saturated carbocycles. The molecule has 0 aliphatic carbocycles. The molecule has 3 N–H and O–H groups in total. The number of hydrogen-bond donors (Lipinski definition) is 3. The first-order chi connectivity index (χ1) is 9.88. The second kappa shape index (κ2) is 7.88. The average molecular weight is 294 g/mol. The first-order valence-corrected chi connectivity index (χ1v) is 6.41. The van der Waals surface area contributed by atoms with E-state index >= 15 is 0 Å². The molecule has 1 rings (SSSR count). The van der Waals surface area contributed by atoms with Gasteiger partial charge in [-0.25, -0.2) is 4.79 Å². The molecular formula is C14H18N2O5. The van der Waals surface area contributed by atoms with Crippen LogP contribution in [0, 0.1) is 5.92 Å². The third-order valence-electron chi connectivity index (χ3n) is 2.34. The van der Waals surface area contributed by atoms with Crippen LogP contribution in [0.3, 0.4) is 0 Å². The number of ether oxygens (including phenoxy) is 1. The molecule has 114 valence electrons. The van der Waals surface area contributed by atoms with Crippen molar-refractivity contribution in [2.75, 3.05) is 6.61 Å². The lowest BCUT2D eigenvalue weighted by Crippen LogP contribution is -2.22. The molecule has 0 fully saturated rings. The smallest absolute Gasteiger partial charge is 0.328 e. The summed E-state index contributed by atoms with van der Waals surface area (Å²) in [5.41, 5.74) is 0.216. The van der Waals surface area contributed by atoms with E-state index in [-0.39, 0.29) is 17.7 Å². The molecule has 0 aliphatic heterocycles. The van der Waals surface area contributed by atoms with Gasteiger partial charge in [0.05, 0.1) is 13.2 Å². The van der Waals surface area contributed by atoms with Crippen LogP contribution in [0.5, 0.6) is 5.75 Å². The number of carboxylic acids is 1. The van der Waals surface area contributed by atoms with Crippen LogP contribution in [-0.2, 0) is 16.1 Å². The highest BCUT2D eigenvalue weighted by molar-refractivity contribution is 5.93. The average Bonchev–Trinajstić information content (AvgIpc) is 2.41. The Kier molecular flexibility index (Phi) is 6.19. The van der Waals surface area contributed by atoms with Crippen molar-refractivity contribution in [1.82, 2.24) is 10.3 Å². The maximum Gasteiger partial charge on any atom is 0.328 e. The number of rotatable bonds is 7. The van der Waals surface area contributed by atoms with Crippen LogP contribution in [0.4, 0.5) is 0 Å². The second-order valence-electron chi connectivity index (χ2n) is 4.78. The van der Waals surface area contributed by atoms with Crippen LogP contribution in [0.15, 0.2) is 29.2 Å². The highest BCUT2D eigenvalue weighted by Crippen LogP contribution is 2.04. The molecule has 7 nitrogen and oxygen atoms in total. The monoisotopic (exact) mass is 294 g/mol. The van der Waals surface area contributed by atoms with Crippen molar-refractivity contribution in [2.24, 2.45) is 5.92 Å². The highest BCUT2D eigenvalue weighted by atomic mass is 16.5. The Morgan fingerprint density at radius 1 is 1.43 bits per heavy atom. The molecule has 0 bridgehead atoms. The van der Waals surface area contributed by atoms with Gasteiger partial charge in [0.2, 0.25) is 11.3 Å². The molecule has 0 aliphatic rings. The lowest BCUT2D eigenvalue weighted by atomic mass is 10.2. The summed E-state index contributed by atoms with van der Waals surface area (Å²) in [5, 5.41) is 10.8. The van der Waals surface area contributed by atoms with E-state index in [1.165, 1.54) is 12.3 Å². The number of aromatic nitrogens is 1.